The van der Waals surface area contributed by atoms with E-state index in [9.17, 15) is 4.39 Å². The Labute approximate surface area is 107 Å². The maximum absolute atomic E-state index is 13.7. The summed E-state index contributed by atoms with van der Waals surface area (Å²) in [7, 11) is 0. The Hall–Kier alpha value is -0.600. The van der Waals surface area contributed by atoms with Gasteiger partial charge in [0.1, 0.15) is 5.82 Å². The van der Waals surface area contributed by atoms with Crippen LogP contribution in [0.15, 0.2) is 18.2 Å². The molecule has 1 aliphatic rings. The van der Waals surface area contributed by atoms with Crippen LogP contribution in [-0.2, 0) is 6.42 Å². The van der Waals surface area contributed by atoms with Crippen LogP contribution in [0, 0.1) is 11.2 Å². The third-order valence-electron chi connectivity index (χ3n) is 3.46. The summed E-state index contributed by atoms with van der Waals surface area (Å²) in [5, 5.41) is 3.91. The van der Waals surface area contributed by atoms with Crippen LogP contribution in [0.5, 0.6) is 0 Å². The molecular formula is C14H19ClFN. The summed E-state index contributed by atoms with van der Waals surface area (Å²) in [5.74, 6) is -0.167. The zero-order chi connectivity index (χ0) is 12.3. The van der Waals surface area contributed by atoms with Crippen molar-refractivity contribution in [2.75, 3.05) is 13.1 Å². The van der Waals surface area contributed by atoms with Crippen LogP contribution in [0.1, 0.15) is 31.7 Å². The molecule has 1 N–H and O–H groups in total. The molecule has 3 heteroatoms. The summed E-state index contributed by atoms with van der Waals surface area (Å²) < 4.78 is 13.7. The van der Waals surface area contributed by atoms with E-state index >= 15 is 0 Å². The minimum atomic E-state index is -0.167. The van der Waals surface area contributed by atoms with Crippen LogP contribution in [0.3, 0.4) is 0 Å². The second kappa shape index (κ2) is 5.36. The molecule has 1 aromatic carbocycles. The van der Waals surface area contributed by atoms with E-state index in [1.807, 2.05) is 6.07 Å². The van der Waals surface area contributed by atoms with Crippen molar-refractivity contribution >= 4 is 11.6 Å². The van der Waals surface area contributed by atoms with Gasteiger partial charge in [0.05, 0.1) is 0 Å². The number of hydrogen-bond acceptors (Lipinski definition) is 1. The Bertz CT molecular complexity index is 388. The highest BCUT2D eigenvalue weighted by Gasteiger charge is 2.42. The third kappa shape index (κ3) is 3.43. The lowest BCUT2D eigenvalue weighted by Crippen LogP contribution is -2.26. The van der Waals surface area contributed by atoms with Gasteiger partial charge in [0.15, 0.2) is 0 Å². The molecule has 0 unspecified atom stereocenters. The number of rotatable bonds is 6. The summed E-state index contributed by atoms with van der Waals surface area (Å²) in [6.45, 7) is 4.21. The number of halogens is 2. The molecule has 0 amide bonds. The normalized spacial score (nSPS) is 17.1. The van der Waals surface area contributed by atoms with E-state index in [2.05, 4.69) is 12.2 Å². The first kappa shape index (κ1) is 12.8. The molecule has 0 radical (unpaired) electrons. The van der Waals surface area contributed by atoms with Gasteiger partial charge in [0.25, 0.3) is 0 Å². The van der Waals surface area contributed by atoms with E-state index in [0.29, 0.717) is 10.4 Å². The molecule has 1 nitrogen and oxygen atoms in total. The van der Waals surface area contributed by atoms with E-state index < -0.39 is 0 Å². The van der Waals surface area contributed by atoms with Crippen LogP contribution in [-0.4, -0.2) is 13.1 Å². The van der Waals surface area contributed by atoms with Gasteiger partial charge in [-0.05, 0) is 55.3 Å². The van der Waals surface area contributed by atoms with Crippen LogP contribution < -0.4 is 5.32 Å². The fourth-order valence-electron chi connectivity index (χ4n) is 2.19. The first-order valence-electron chi connectivity index (χ1n) is 6.30. The predicted octanol–water partition coefficient (Wildman–Crippen LogP) is 3.80. The van der Waals surface area contributed by atoms with Crippen molar-refractivity contribution in [3.63, 3.8) is 0 Å². The van der Waals surface area contributed by atoms with Crippen LogP contribution >= 0.6 is 11.6 Å². The smallest absolute Gasteiger partial charge is 0.127 e. The lowest BCUT2D eigenvalue weighted by atomic mass is 9.96. The molecular weight excluding hydrogens is 237 g/mol. The molecule has 2 rings (SSSR count). The average Bonchev–Trinajstić information content (AvgIpc) is 3.03. The van der Waals surface area contributed by atoms with Crippen molar-refractivity contribution in [3.05, 3.63) is 34.6 Å². The number of hydrogen-bond donors (Lipinski definition) is 1. The second-order valence-corrected chi connectivity index (χ2v) is 5.53. The lowest BCUT2D eigenvalue weighted by molar-refractivity contribution is 0.446. The molecule has 1 aromatic rings. The third-order valence-corrected chi connectivity index (χ3v) is 3.70. The van der Waals surface area contributed by atoms with Crippen LogP contribution in [0.25, 0.3) is 0 Å². The van der Waals surface area contributed by atoms with Crippen molar-refractivity contribution in [3.8, 4) is 0 Å². The fourth-order valence-corrected chi connectivity index (χ4v) is 2.35. The SMILES string of the molecule is CCCNCC1(Cc2ccc(Cl)cc2F)CC1. The van der Waals surface area contributed by atoms with Crippen molar-refractivity contribution in [2.45, 2.75) is 32.6 Å². The Balaban J connectivity index is 1.95. The zero-order valence-electron chi connectivity index (χ0n) is 10.2. The quantitative estimate of drug-likeness (QED) is 0.763. The van der Waals surface area contributed by atoms with Gasteiger partial charge in [0.2, 0.25) is 0 Å². The molecule has 0 atom stereocenters. The van der Waals surface area contributed by atoms with Gasteiger partial charge in [-0.2, -0.15) is 0 Å². The van der Waals surface area contributed by atoms with Gasteiger partial charge in [-0.25, -0.2) is 4.39 Å². The standard InChI is InChI=1S/C14H19ClFN/c1-2-7-17-10-14(5-6-14)9-11-3-4-12(15)8-13(11)16/h3-4,8,17H,2,5-7,9-10H2,1H3. The lowest BCUT2D eigenvalue weighted by Gasteiger charge is -2.16. The highest BCUT2D eigenvalue weighted by Crippen LogP contribution is 2.48. The van der Waals surface area contributed by atoms with Crippen LogP contribution in [0.2, 0.25) is 5.02 Å². The summed E-state index contributed by atoms with van der Waals surface area (Å²) in [6, 6.07) is 5.00. The van der Waals surface area contributed by atoms with Crippen molar-refractivity contribution in [2.24, 2.45) is 5.41 Å². The topological polar surface area (TPSA) is 12.0 Å². The van der Waals surface area contributed by atoms with Gasteiger partial charge in [-0.1, -0.05) is 24.6 Å². The van der Waals surface area contributed by atoms with Gasteiger partial charge < -0.3 is 5.32 Å². The minimum Gasteiger partial charge on any atom is -0.316 e. The molecule has 0 heterocycles. The molecule has 0 aliphatic heterocycles. The van der Waals surface area contributed by atoms with Gasteiger partial charge in [-0.3, -0.25) is 0 Å². The fraction of sp³-hybridized carbons (Fsp3) is 0.571. The number of benzene rings is 1. The van der Waals surface area contributed by atoms with E-state index in [-0.39, 0.29) is 5.82 Å². The average molecular weight is 256 g/mol. The minimum absolute atomic E-state index is 0.167. The highest BCUT2D eigenvalue weighted by molar-refractivity contribution is 6.30. The van der Waals surface area contributed by atoms with Crippen molar-refractivity contribution in [1.82, 2.24) is 5.32 Å². The maximum Gasteiger partial charge on any atom is 0.127 e. The molecule has 94 valence electrons. The number of nitrogens with one attached hydrogen (secondary N) is 1. The maximum atomic E-state index is 13.7. The first-order valence-corrected chi connectivity index (χ1v) is 6.68. The molecule has 0 spiro atoms. The Morgan fingerprint density at radius 1 is 1.41 bits per heavy atom. The summed E-state index contributed by atoms with van der Waals surface area (Å²) in [5.41, 5.74) is 1.09. The van der Waals surface area contributed by atoms with E-state index in [0.717, 1.165) is 31.5 Å². The Morgan fingerprint density at radius 3 is 2.76 bits per heavy atom. The molecule has 1 aliphatic carbocycles. The largest absolute Gasteiger partial charge is 0.316 e. The summed E-state index contributed by atoms with van der Waals surface area (Å²) in [4.78, 5) is 0. The second-order valence-electron chi connectivity index (χ2n) is 5.09. The molecule has 1 saturated carbocycles. The Morgan fingerprint density at radius 2 is 2.18 bits per heavy atom. The van der Waals surface area contributed by atoms with E-state index in [1.165, 1.54) is 18.9 Å². The van der Waals surface area contributed by atoms with Gasteiger partial charge >= 0.3 is 0 Å². The summed E-state index contributed by atoms with van der Waals surface area (Å²) >= 11 is 5.75. The highest BCUT2D eigenvalue weighted by atomic mass is 35.5. The van der Waals surface area contributed by atoms with Crippen molar-refractivity contribution < 1.29 is 4.39 Å². The first-order chi connectivity index (χ1) is 8.15. The molecule has 0 saturated heterocycles. The van der Waals surface area contributed by atoms with Crippen molar-refractivity contribution in [1.29, 1.82) is 0 Å². The predicted molar refractivity (Wildman–Crippen MR) is 69.9 cm³/mol. The van der Waals surface area contributed by atoms with E-state index in [1.54, 1.807) is 6.07 Å². The molecule has 1 fully saturated rings. The molecule has 0 aromatic heterocycles. The Kier molecular flexibility index (Phi) is 4.05. The van der Waals surface area contributed by atoms with Gasteiger partial charge in [-0.15, -0.1) is 0 Å². The molecule has 0 bridgehead atoms. The zero-order valence-corrected chi connectivity index (χ0v) is 11.0. The van der Waals surface area contributed by atoms with Crippen LogP contribution in [0.4, 0.5) is 4.39 Å². The molecule has 17 heavy (non-hydrogen) atoms. The monoisotopic (exact) mass is 255 g/mol. The van der Waals surface area contributed by atoms with Gasteiger partial charge in [0, 0.05) is 11.6 Å². The van der Waals surface area contributed by atoms with E-state index in [4.69, 9.17) is 11.6 Å². The summed E-state index contributed by atoms with van der Waals surface area (Å²) in [6.07, 6.45) is 4.37.